The first-order valence-electron chi connectivity index (χ1n) is 6.29. The molecule has 1 fully saturated rings. The van der Waals surface area contributed by atoms with Crippen molar-refractivity contribution in [3.8, 4) is 0 Å². The molecule has 2 N–H and O–H groups in total. The van der Waals surface area contributed by atoms with Gasteiger partial charge in [-0.05, 0) is 25.0 Å². The summed E-state index contributed by atoms with van der Waals surface area (Å²) in [6.45, 7) is 3.00. The van der Waals surface area contributed by atoms with Crippen LogP contribution in [0.15, 0.2) is 16.5 Å². The normalized spacial score (nSPS) is 18.6. The van der Waals surface area contributed by atoms with Crippen LogP contribution in [0.25, 0.3) is 0 Å². The van der Waals surface area contributed by atoms with E-state index < -0.39 is 5.54 Å². The number of amides is 1. The van der Waals surface area contributed by atoms with E-state index in [9.17, 15) is 9.90 Å². The molecule has 0 radical (unpaired) electrons. The topological polar surface area (TPSA) is 71.7 Å². The number of ether oxygens (including phenoxy) is 1. The van der Waals surface area contributed by atoms with Crippen LogP contribution in [0.2, 0.25) is 0 Å². The summed E-state index contributed by atoms with van der Waals surface area (Å²) in [5, 5.41) is 12.4. The summed E-state index contributed by atoms with van der Waals surface area (Å²) in [5.74, 6) is 0.807. The van der Waals surface area contributed by atoms with Gasteiger partial charge >= 0.3 is 0 Å². The fourth-order valence-corrected chi connectivity index (χ4v) is 2.08. The van der Waals surface area contributed by atoms with Crippen LogP contribution in [0.5, 0.6) is 0 Å². The van der Waals surface area contributed by atoms with Crippen molar-refractivity contribution in [2.45, 2.75) is 31.7 Å². The third-order valence-corrected chi connectivity index (χ3v) is 3.37. The SMILES string of the molecule is CCc1ccc(C(=O)NC2(CO)CCOCC2)o1. The highest BCUT2D eigenvalue weighted by Crippen LogP contribution is 2.21. The summed E-state index contributed by atoms with van der Waals surface area (Å²) in [6, 6.07) is 3.46. The van der Waals surface area contributed by atoms with E-state index in [1.165, 1.54) is 0 Å². The van der Waals surface area contributed by atoms with Gasteiger partial charge in [-0.25, -0.2) is 0 Å². The minimum Gasteiger partial charge on any atom is -0.456 e. The number of aliphatic hydroxyl groups excluding tert-OH is 1. The largest absolute Gasteiger partial charge is 0.456 e. The monoisotopic (exact) mass is 253 g/mol. The highest BCUT2D eigenvalue weighted by molar-refractivity contribution is 5.92. The van der Waals surface area contributed by atoms with E-state index in [-0.39, 0.29) is 12.5 Å². The van der Waals surface area contributed by atoms with Gasteiger partial charge in [0.2, 0.25) is 0 Å². The number of aliphatic hydroxyl groups is 1. The Hall–Kier alpha value is -1.33. The van der Waals surface area contributed by atoms with Crippen molar-refractivity contribution in [2.24, 2.45) is 0 Å². The van der Waals surface area contributed by atoms with Gasteiger partial charge in [0.25, 0.3) is 5.91 Å². The first kappa shape index (κ1) is 13.1. The molecular weight excluding hydrogens is 234 g/mol. The lowest BCUT2D eigenvalue weighted by atomic mass is 9.91. The van der Waals surface area contributed by atoms with Crippen LogP contribution in [-0.2, 0) is 11.2 Å². The summed E-state index contributed by atoms with van der Waals surface area (Å²) in [7, 11) is 0. The zero-order valence-electron chi connectivity index (χ0n) is 10.6. The van der Waals surface area contributed by atoms with Crippen LogP contribution in [0.1, 0.15) is 36.1 Å². The Bertz CT molecular complexity index is 407. The van der Waals surface area contributed by atoms with Crippen molar-refractivity contribution in [1.82, 2.24) is 5.32 Å². The van der Waals surface area contributed by atoms with Crippen molar-refractivity contribution < 1.29 is 19.1 Å². The quantitative estimate of drug-likeness (QED) is 0.843. The Kier molecular flexibility index (Phi) is 4.04. The Labute approximate surface area is 106 Å². The third kappa shape index (κ3) is 2.73. The molecule has 100 valence electrons. The average molecular weight is 253 g/mol. The Morgan fingerprint density at radius 3 is 2.72 bits per heavy atom. The minimum atomic E-state index is -0.575. The molecule has 0 aromatic carbocycles. The van der Waals surface area contributed by atoms with Gasteiger partial charge < -0.3 is 19.6 Å². The molecule has 1 amide bonds. The van der Waals surface area contributed by atoms with Crippen LogP contribution >= 0.6 is 0 Å². The molecule has 1 saturated heterocycles. The van der Waals surface area contributed by atoms with Crippen molar-refractivity contribution >= 4 is 5.91 Å². The van der Waals surface area contributed by atoms with E-state index in [0.717, 1.165) is 12.2 Å². The molecule has 18 heavy (non-hydrogen) atoms. The van der Waals surface area contributed by atoms with Crippen LogP contribution in [-0.4, -0.2) is 36.4 Å². The lowest BCUT2D eigenvalue weighted by Gasteiger charge is -2.35. The van der Waals surface area contributed by atoms with Gasteiger partial charge in [-0.2, -0.15) is 0 Å². The zero-order valence-corrected chi connectivity index (χ0v) is 10.6. The summed E-state index contributed by atoms with van der Waals surface area (Å²) in [4.78, 5) is 12.0. The smallest absolute Gasteiger partial charge is 0.287 e. The van der Waals surface area contributed by atoms with Gasteiger partial charge in [0.15, 0.2) is 5.76 Å². The number of hydrogen-bond donors (Lipinski definition) is 2. The number of nitrogens with one attached hydrogen (secondary N) is 1. The Morgan fingerprint density at radius 2 is 2.17 bits per heavy atom. The lowest BCUT2D eigenvalue weighted by molar-refractivity contribution is 0.0119. The molecular formula is C13H19NO4. The highest BCUT2D eigenvalue weighted by Gasteiger charge is 2.34. The van der Waals surface area contributed by atoms with E-state index in [1.807, 2.05) is 6.92 Å². The predicted molar refractivity (Wildman–Crippen MR) is 65.4 cm³/mol. The van der Waals surface area contributed by atoms with Crippen LogP contribution in [0, 0.1) is 0 Å². The summed E-state index contributed by atoms with van der Waals surface area (Å²) in [5.41, 5.74) is -0.575. The van der Waals surface area contributed by atoms with Gasteiger partial charge in [-0.15, -0.1) is 0 Å². The maximum Gasteiger partial charge on any atom is 0.287 e. The fourth-order valence-electron chi connectivity index (χ4n) is 2.08. The molecule has 0 atom stereocenters. The zero-order chi connectivity index (χ0) is 13.0. The molecule has 2 rings (SSSR count). The first-order valence-corrected chi connectivity index (χ1v) is 6.29. The summed E-state index contributed by atoms with van der Waals surface area (Å²) >= 11 is 0. The van der Waals surface area contributed by atoms with E-state index in [1.54, 1.807) is 12.1 Å². The van der Waals surface area contributed by atoms with Gasteiger partial charge in [-0.1, -0.05) is 6.92 Å². The second kappa shape index (κ2) is 5.54. The molecule has 0 bridgehead atoms. The molecule has 5 heteroatoms. The van der Waals surface area contributed by atoms with Crippen LogP contribution in [0.3, 0.4) is 0 Å². The van der Waals surface area contributed by atoms with Crippen LogP contribution < -0.4 is 5.32 Å². The third-order valence-electron chi connectivity index (χ3n) is 3.37. The summed E-state index contributed by atoms with van der Waals surface area (Å²) in [6.07, 6.45) is 2.00. The number of furan rings is 1. The molecule has 0 unspecified atom stereocenters. The molecule has 0 saturated carbocycles. The van der Waals surface area contributed by atoms with Crippen molar-refractivity contribution in [3.05, 3.63) is 23.7 Å². The van der Waals surface area contributed by atoms with E-state index in [2.05, 4.69) is 5.32 Å². The van der Waals surface area contributed by atoms with Crippen molar-refractivity contribution in [3.63, 3.8) is 0 Å². The predicted octanol–water partition coefficient (Wildman–Crippen LogP) is 1.11. The van der Waals surface area contributed by atoms with E-state index in [4.69, 9.17) is 9.15 Å². The molecule has 1 aliphatic heterocycles. The number of aryl methyl sites for hydroxylation is 1. The van der Waals surface area contributed by atoms with Crippen molar-refractivity contribution in [1.29, 1.82) is 0 Å². The van der Waals surface area contributed by atoms with E-state index in [0.29, 0.717) is 31.8 Å². The molecule has 5 nitrogen and oxygen atoms in total. The first-order chi connectivity index (χ1) is 8.69. The fraction of sp³-hybridized carbons (Fsp3) is 0.615. The minimum absolute atomic E-state index is 0.0799. The standard InChI is InChI=1S/C13H19NO4/c1-2-10-3-4-11(18-10)12(16)14-13(9-15)5-7-17-8-6-13/h3-4,15H,2,5-9H2,1H3,(H,14,16). The van der Waals surface area contributed by atoms with Crippen LogP contribution in [0.4, 0.5) is 0 Å². The molecule has 2 heterocycles. The number of carbonyl (C=O) groups is 1. The molecule has 0 aliphatic carbocycles. The molecule has 1 aromatic rings. The number of rotatable bonds is 4. The number of carbonyl (C=O) groups excluding carboxylic acids is 1. The Morgan fingerprint density at radius 1 is 1.44 bits per heavy atom. The highest BCUT2D eigenvalue weighted by atomic mass is 16.5. The summed E-state index contributed by atoms with van der Waals surface area (Å²) < 4.78 is 10.7. The maximum atomic E-state index is 12.0. The molecule has 1 aromatic heterocycles. The lowest BCUT2D eigenvalue weighted by Crippen LogP contribution is -2.54. The Balaban J connectivity index is 2.04. The van der Waals surface area contributed by atoms with Gasteiger partial charge in [-0.3, -0.25) is 4.79 Å². The van der Waals surface area contributed by atoms with Crippen molar-refractivity contribution in [2.75, 3.05) is 19.8 Å². The van der Waals surface area contributed by atoms with Gasteiger partial charge in [0.05, 0.1) is 12.1 Å². The second-order valence-corrected chi connectivity index (χ2v) is 4.62. The number of hydrogen-bond acceptors (Lipinski definition) is 4. The van der Waals surface area contributed by atoms with Gasteiger partial charge in [0.1, 0.15) is 5.76 Å². The van der Waals surface area contributed by atoms with E-state index >= 15 is 0 Å². The maximum absolute atomic E-state index is 12.0. The second-order valence-electron chi connectivity index (χ2n) is 4.62. The van der Waals surface area contributed by atoms with Gasteiger partial charge in [0, 0.05) is 19.6 Å². The molecule has 1 aliphatic rings. The average Bonchev–Trinajstić information content (AvgIpc) is 2.88. The molecule has 0 spiro atoms.